The Kier molecular flexibility index (Phi) is 4.73. The van der Waals surface area contributed by atoms with Crippen LogP contribution in [0, 0.1) is 5.82 Å². The highest BCUT2D eigenvalue weighted by atomic mass is 19.1. The predicted octanol–water partition coefficient (Wildman–Crippen LogP) is 3.43. The molecule has 0 N–H and O–H groups in total. The van der Waals surface area contributed by atoms with Gasteiger partial charge in [-0.05, 0) is 56.9 Å². The van der Waals surface area contributed by atoms with Crippen molar-refractivity contribution in [2.75, 3.05) is 27.2 Å². The molecule has 1 atom stereocenters. The third-order valence-electron chi connectivity index (χ3n) is 5.04. The Bertz CT molecular complexity index is 1110. The van der Waals surface area contributed by atoms with Crippen LogP contribution < -0.4 is 5.43 Å². The number of halogens is 1. The van der Waals surface area contributed by atoms with Crippen molar-refractivity contribution in [1.82, 2.24) is 9.80 Å². The summed E-state index contributed by atoms with van der Waals surface area (Å²) in [5.41, 5.74) is 1.00. The number of amides is 1. The first-order valence-electron chi connectivity index (χ1n) is 9.24. The molecule has 0 saturated heterocycles. The maximum atomic E-state index is 13.9. The molecule has 6 heteroatoms. The van der Waals surface area contributed by atoms with E-state index in [1.807, 2.05) is 19.0 Å². The minimum absolute atomic E-state index is 0.0582. The van der Waals surface area contributed by atoms with E-state index in [4.69, 9.17) is 4.42 Å². The predicted molar refractivity (Wildman–Crippen MR) is 105 cm³/mol. The molecule has 28 heavy (non-hydrogen) atoms. The van der Waals surface area contributed by atoms with Gasteiger partial charge in [-0.3, -0.25) is 9.59 Å². The largest absolute Gasteiger partial charge is 0.450 e. The highest BCUT2D eigenvalue weighted by Crippen LogP contribution is 2.38. The van der Waals surface area contributed by atoms with E-state index >= 15 is 0 Å². The van der Waals surface area contributed by atoms with E-state index in [0.717, 1.165) is 13.0 Å². The van der Waals surface area contributed by atoms with Crippen molar-refractivity contribution in [2.24, 2.45) is 0 Å². The second kappa shape index (κ2) is 7.20. The van der Waals surface area contributed by atoms with E-state index in [1.54, 1.807) is 41.3 Å². The first-order chi connectivity index (χ1) is 13.5. The Balaban J connectivity index is 1.88. The number of hydrogen-bond donors (Lipinski definition) is 0. The normalized spacial score (nSPS) is 16.2. The molecule has 5 nitrogen and oxygen atoms in total. The van der Waals surface area contributed by atoms with Crippen LogP contribution in [0.2, 0.25) is 0 Å². The van der Waals surface area contributed by atoms with Crippen molar-refractivity contribution in [1.29, 1.82) is 0 Å². The molecule has 0 unspecified atom stereocenters. The lowest BCUT2D eigenvalue weighted by atomic mass is 9.98. The maximum Gasteiger partial charge on any atom is 0.290 e. The molecular weight excluding hydrogens is 359 g/mol. The Morgan fingerprint density at radius 1 is 1.11 bits per heavy atom. The van der Waals surface area contributed by atoms with Gasteiger partial charge in [0.25, 0.3) is 5.91 Å². The molecule has 1 aromatic heterocycles. The summed E-state index contributed by atoms with van der Waals surface area (Å²) < 4.78 is 19.8. The summed E-state index contributed by atoms with van der Waals surface area (Å²) in [6.45, 7) is 1.23. The quantitative estimate of drug-likeness (QED) is 0.681. The number of hydrogen-bond acceptors (Lipinski definition) is 4. The van der Waals surface area contributed by atoms with Gasteiger partial charge >= 0.3 is 0 Å². The summed E-state index contributed by atoms with van der Waals surface area (Å²) in [5, 5.41) is 0.422. The zero-order valence-corrected chi connectivity index (χ0v) is 15.8. The SMILES string of the molecule is CN(C)CCCN1C(=O)c2oc3ccccc3c(=O)c2[C@@H]1c1cccc(F)c1. The zero-order chi connectivity index (χ0) is 19.8. The number of rotatable bonds is 5. The van der Waals surface area contributed by atoms with Crippen LogP contribution in [0.1, 0.15) is 34.1 Å². The van der Waals surface area contributed by atoms with Crippen LogP contribution in [-0.2, 0) is 0 Å². The molecule has 1 aliphatic rings. The summed E-state index contributed by atoms with van der Waals surface area (Å²) in [4.78, 5) is 30.0. The van der Waals surface area contributed by atoms with E-state index < -0.39 is 11.9 Å². The summed E-state index contributed by atoms with van der Waals surface area (Å²) in [6.07, 6.45) is 0.728. The van der Waals surface area contributed by atoms with Crippen molar-refractivity contribution in [3.8, 4) is 0 Å². The van der Waals surface area contributed by atoms with Gasteiger partial charge in [0.15, 0.2) is 5.43 Å². The molecular formula is C22H21FN2O3. The summed E-state index contributed by atoms with van der Waals surface area (Å²) >= 11 is 0. The summed E-state index contributed by atoms with van der Waals surface area (Å²) in [5.74, 6) is -0.675. The fraction of sp³-hybridized carbons (Fsp3) is 0.273. The third kappa shape index (κ3) is 3.10. The van der Waals surface area contributed by atoms with Crippen LogP contribution in [0.3, 0.4) is 0 Å². The molecule has 144 valence electrons. The first kappa shape index (κ1) is 18.4. The van der Waals surface area contributed by atoms with E-state index in [9.17, 15) is 14.0 Å². The van der Waals surface area contributed by atoms with Crippen molar-refractivity contribution >= 4 is 16.9 Å². The Labute approximate surface area is 162 Å². The van der Waals surface area contributed by atoms with E-state index in [1.165, 1.54) is 12.1 Å². The minimum Gasteiger partial charge on any atom is -0.450 e. The lowest BCUT2D eigenvalue weighted by Gasteiger charge is -2.25. The molecule has 0 aliphatic carbocycles. The van der Waals surface area contributed by atoms with Crippen LogP contribution in [0.4, 0.5) is 4.39 Å². The fourth-order valence-electron chi connectivity index (χ4n) is 3.78. The van der Waals surface area contributed by atoms with Gasteiger partial charge in [-0.1, -0.05) is 24.3 Å². The number of nitrogens with zero attached hydrogens (tertiary/aromatic N) is 2. The van der Waals surface area contributed by atoms with E-state index in [0.29, 0.717) is 28.6 Å². The van der Waals surface area contributed by atoms with Crippen molar-refractivity contribution < 1.29 is 13.6 Å². The van der Waals surface area contributed by atoms with Gasteiger partial charge < -0.3 is 14.2 Å². The average molecular weight is 380 g/mol. The monoisotopic (exact) mass is 380 g/mol. The van der Waals surface area contributed by atoms with Crippen LogP contribution in [0.15, 0.2) is 57.7 Å². The molecule has 2 aromatic carbocycles. The van der Waals surface area contributed by atoms with E-state index in [-0.39, 0.29) is 17.1 Å². The second-order valence-corrected chi connectivity index (χ2v) is 7.28. The van der Waals surface area contributed by atoms with E-state index in [2.05, 4.69) is 0 Å². The van der Waals surface area contributed by atoms with Gasteiger partial charge in [0, 0.05) is 6.54 Å². The molecule has 3 aromatic rings. The van der Waals surface area contributed by atoms with Crippen LogP contribution in [0.5, 0.6) is 0 Å². The van der Waals surface area contributed by atoms with Crippen LogP contribution in [0.25, 0.3) is 11.0 Å². The van der Waals surface area contributed by atoms with Gasteiger partial charge in [0.1, 0.15) is 11.4 Å². The second-order valence-electron chi connectivity index (χ2n) is 7.28. The van der Waals surface area contributed by atoms with Gasteiger partial charge in [0.05, 0.1) is 17.0 Å². The topological polar surface area (TPSA) is 53.8 Å². The Morgan fingerprint density at radius 2 is 1.89 bits per heavy atom. The molecule has 4 rings (SSSR count). The lowest BCUT2D eigenvalue weighted by Crippen LogP contribution is -2.32. The van der Waals surface area contributed by atoms with Gasteiger partial charge in [0.2, 0.25) is 5.76 Å². The Hall–Kier alpha value is -2.99. The summed E-state index contributed by atoms with van der Waals surface area (Å²) in [6, 6.07) is 12.3. The van der Waals surface area contributed by atoms with Gasteiger partial charge in [-0.25, -0.2) is 4.39 Å². The number of carbonyl (C=O) groups is 1. The molecule has 0 spiro atoms. The summed E-state index contributed by atoms with van der Waals surface area (Å²) in [7, 11) is 3.92. The molecule has 1 aliphatic heterocycles. The molecule has 1 amide bonds. The first-order valence-corrected chi connectivity index (χ1v) is 9.24. The van der Waals surface area contributed by atoms with Gasteiger partial charge in [-0.15, -0.1) is 0 Å². The van der Waals surface area contributed by atoms with Crippen molar-refractivity contribution in [3.05, 3.63) is 81.5 Å². The molecule has 2 heterocycles. The number of benzene rings is 2. The molecule has 0 bridgehead atoms. The molecule has 0 saturated carbocycles. The van der Waals surface area contributed by atoms with Crippen LogP contribution >= 0.6 is 0 Å². The molecule has 0 radical (unpaired) electrons. The minimum atomic E-state index is -0.652. The lowest BCUT2D eigenvalue weighted by molar-refractivity contribution is 0.0722. The highest BCUT2D eigenvalue weighted by molar-refractivity contribution is 5.99. The number of fused-ring (bicyclic) bond motifs is 2. The molecule has 0 fully saturated rings. The maximum absolute atomic E-state index is 13.9. The standard InChI is InChI=1S/C22H21FN2O3/c1-24(2)11-6-12-25-19(14-7-5-8-15(23)13-14)18-20(26)16-9-3-4-10-17(16)28-21(18)22(25)27/h3-5,7-10,13,19H,6,11-12H2,1-2H3/t19-/m0/s1. The Morgan fingerprint density at radius 3 is 2.64 bits per heavy atom. The fourth-order valence-corrected chi connectivity index (χ4v) is 3.78. The zero-order valence-electron chi connectivity index (χ0n) is 15.8. The third-order valence-corrected chi connectivity index (χ3v) is 5.04. The highest BCUT2D eigenvalue weighted by Gasteiger charge is 2.42. The average Bonchev–Trinajstić information content (AvgIpc) is 2.94. The smallest absolute Gasteiger partial charge is 0.290 e. The van der Waals surface area contributed by atoms with Crippen molar-refractivity contribution in [3.63, 3.8) is 0 Å². The van der Waals surface area contributed by atoms with Crippen LogP contribution in [-0.4, -0.2) is 42.9 Å². The van der Waals surface area contributed by atoms with Crippen molar-refractivity contribution in [2.45, 2.75) is 12.5 Å². The van der Waals surface area contributed by atoms with Gasteiger partial charge in [-0.2, -0.15) is 0 Å². The number of carbonyl (C=O) groups excluding carboxylic acids is 1. The number of para-hydroxylation sites is 1.